The molecule has 0 aliphatic heterocycles. The van der Waals surface area contributed by atoms with Gasteiger partial charge in [0.1, 0.15) is 18.0 Å². The molecule has 0 saturated heterocycles. The zero-order chi connectivity index (χ0) is 21.8. The van der Waals surface area contributed by atoms with E-state index in [2.05, 4.69) is 0 Å². The number of ketones is 1. The maximum Gasteiger partial charge on any atom is 0.313 e. The minimum atomic E-state index is -0.559. The van der Waals surface area contributed by atoms with Gasteiger partial charge in [-0.1, -0.05) is 11.6 Å². The van der Waals surface area contributed by atoms with Crippen LogP contribution in [0.2, 0.25) is 5.02 Å². The Balaban J connectivity index is 2.03. The highest BCUT2D eigenvalue weighted by molar-refractivity contribution is 6.31. The number of methoxy groups -OCH3 is 1. The molecule has 0 bridgehead atoms. The molecule has 0 saturated carbocycles. The highest BCUT2D eigenvalue weighted by Gasteiger charge is 2.22. The fraction of sp³-hybridized carbons (Fsp3) is 0.261. The van der Waals surface area contributed by atoms with Crippen molar-refractivity contribution in [2.24, 2.45) is 0 Å². The number of aromatic nitrogens is 1. The predicted molar refractivity (Wildman–Crippen MR) is 114 cm³/mol. The van der Waals surface area contributed by atoms with Gasteiger partial charge in [-0.3, -0.25) is 19.0 Å². The normalized spacial score (nSPS) is 10.8. The monoisotopic (exact) mass is 427 g/mol. The summed E-state index contributed by atoms with van der Waals surface area (Å²) in [5.41, 5.74) is 2.43. The van der Waals surface area contributed by atoms with Gasteiger partial charge < -0.3 is 9.47 Å². The molecule has 0 N–H and O–H groups in total. The molecule has 6 nitrogen and oxygen atoms in total. The lowest BCUT2D eigenvalue weighted by Gasteiger charge is -2.08. The van der Waals surface area contributed by atoms with Crippen LogP contribution in [0.25, 0.3) is 10.9 Å². The zero-order valence-corrected chi connectivity index (χ0v) is 17.8. The molecule has 2 aromatic carbocycles. The van der Waals surface area contributed by atoms with Crippen molar-refractivity contribution in [2.45, 2.75) is 26.7 Å². The Kier molecular flexibility index (Phi) is 6.57. The Labute approximate surface area is 179 Å². The summed E-state index contributed by atoms with van der Waals surface area (Å²) in [5.74, 6) is -0.423. The van der Waals surface area contributed by atoms with E-state index < -0.39 is 5.97 Å². The second-order valence-corrected chi connectivity index (χ2v) is 7.23. The van der Waals surface area contributed by atoms with E-state index in [1.54, 1.807) is 68.0 Å². The van der Waals surface area contributed by atoms with Gasteiger partial charge in [0.05, 0.1) is 19.2 Å². The van der Waals surface area contributed by atoms with E-state index in [0.29, 0.717) is 38.5 Å². The van der Waals surface area contributed by atoms with E-state index in [9.17, 15) is 14.4 Å². The zero-order valence-electron chi connectivity index (χ0n) is 17.0. The highest BCUT2D eigenvalue weighted by Crippen LogP contribution is 2.30. The van der Waals surface area contributed by atoms with Gasteiger partial charge in [0, 0.05) is 28.1 Å². The van der Waals surface area contributed by atoms with Crippen molar-refractivity contribution in [1.82, 2.24) is 4.57 Å². The van der Waals surface area contributed by atoms with Gasteiger partial charge in [-0.2, -0.15) is 0 Å². The summed E-state index contributed by atoms with van der Waals surface area (Å²) in [6.45, 7) is 3.69. The van der Waals surface area contributed by atoms with Crippen molar-refractivity contribution in [1.29, 1.82) is 0 Å². The Hall–Kier alpha value is -3.12. The Morgan fingerprint density at radius 1 is 1.07 bits per heavy atom. The third-order valence-corrected chi connectivity index (χ3v) is 5.09. The maximum atomic E-state index is 13.3. The number of nitrogens with zero attached hydrogens (tertiary/aromatic N) is 1. The molecular formula is C23H22ClNO5. The van der Waals surface area contributed by atoms with E-state index in [1.165, 1.54) is 0 Å². The summed E-state index contributed by atoms with van der Waals surface area (Å²) in [7, 11) is 1.56. The molecular weight excluding hydrogens is 406 g/mol. The fourth-order valence-electron chi connectivity index (χ4n) is 3.44. The SMILES string of the molecule is CCOC(=O)CC(=O)Cc1c(C)n(C(=O)c2ccc(OC)cc2)c2ccc(Cl)cc12. The summed E-state index contributed by atoms with van der Waals surface area (Å²) < 4.78 is 11.6. The van der Waals surface area contributed by atoms with Crippen molar-refractivity contribution < 1.29 is 23.9 Å². The van der Waals surface area contributed by atoms with Crippen molar-refractivity contribution in [3.05, 3.63) is 64.3 Å². The van der Waals surface area contributed by atoms with E-state index in [1.807, 2.05) is 0 Å². The van der Waals surface area contributed by atoms with Crippen LogP contribution in [0.15, 0.2) is 42.5 Å². The predicted octanol–water partition coefficient (Wildman–Crippen LogP) is 4.37. The Morgan fingerprint density at radius 3 is 2.40 bits per heavy atom. The largest absolute Gasteiger partial charge is 0.497 e. The van der Waals surface area contributed by atoms with Crippen LogP contribution in [0.1, 0.15) is 35.0 Å². The lowest BCUT2D eigenvalue weighted by molar-refractivity contribution is -0.145. The summed E-state index contributed by atoms with van der Waals surface area (Å²) >= 11 is 6.18. The lowest BCUT2D eigenvalue weighted by Crippen LogP contribution is -2.15. The summed E-state index contributed by atoms with van der Waals surface area (Å²) in [5, 5.41) is 1.20. The van der Waals surface area contributed by atoms with Crippen molar-refractivity contribution >= 4 is 40.2 Å². The van der Waals surface area contributed by atoms with Crippen LogP contribution in [0.3, 0.4) is 0 Å². The molecule has 0 amide bonds. The van der Waals surface area contributed by atoms with E-state index in [4.69, 9.17) is 21.1 Å². The first-order valence-corrected chi connectivity index (χ1v) is 9.89. The summed E-state index contributed by atoms with van der Waals surface area (Å²) in [4.78, 5) is 37.4. The average Bonchev–Trinajstić information content (AvgIpc) is 2.98. The van der Waals surface area contributed by atoms with Crippen LogP contribution in [0.4, 0.5) is 0 Å². The Morgan fingerprint density at radius 2 is 1.77 bits per heavy atom. The molecule has 0 unspecified atom stereocenters. The van der Waals surface area contributed by atoms with E-state index in [-0.39, 0.29) is 31.1 Å². The number of hydrogen-bond acceptors (Lipinski definition) is 5. The van der Waals surface area contributed by atoms with Gasteiger partial charge >= 0.3 is 5.97 Å². The van der Waals surface area contributed by atoms with Gasteiger partial charge in [0.2, 0.25) is 0 Å². The quantitative estimate of drug-likeness (QED) is 0.413. The molecule has 0 atom stereocenters. The van der Waals surface area contributed by atoms with Crippen LogP contribution in [-0.2, 0) is 20.7 Å². The molecule has 0 aliphatic rings. The molecule has 0 radical (unpaired) electrons. The van der Waals surface area contributed by atoms with Gasteiger partial charge in [-0.15, -0.1) is 0 Å². The molecule has 156 valence electrons. The Bertz CT molecular complexity index is 1110. The smallest absolute Gasteiger partial charge is 0.313 e. The molecule has 0 aliphatic carbocycles. The summed E-state index contributed by atoms with van der Waals surface area (Å²) in [6.07, 6.45) is -0.308. The molecule has 3 aromatic rings. The van der Waals surface area contributed by atoms with Crippen molar-refractivity contribution in [3.8, 4) is 5.75 Å². The number of carbonyl (C=O) groups is 3. The first kappa shape index (κ1) is 21.6. The summed E-state index contributed by atoms with van der Waals surface area (Å²) in [6, 6.07) is 12.0. The number of rotatable bonds is 7. The first-order chi connectivity index (χ1) is 14.3. The van der Waals surface area contributed by atoms with Gasteiger partial charge in [0.15, 0.2) is 0 Å². The standard InChI is InChI=1S/C23H22ClNO5/c1-4-30-22(27)13-17(26)12-19-14(2)25(21-10-7-16(24)11-20(19)21)23(28)15-5-8-18(29-3)9-6-15/h5-11H,4,12-13H2,1-3H3. The molecule has 0 spiro atoms. The first-order valence-electron chi connectivity index (χ1n) is 9.51. The lowest BCUT2D eigenvalue weighted by atomic mass is 10.0. The van der Waals surface area contributed by atoms with Gasteiger partial charge in [-0.25, -0.2) is 0 Å². The number of fused-ring (bicyclic) bond motifs is 1. The minimum Gasteiger partial charge on any atom is -0.497 e. The number of Topliss-reactive ketones (excluding diaryl/α,β-unsaturated/α-hetero) is 1. The molecule has 1 aromatic heterocycles. The molecule has 3 rings (SSSR count). The highest BCUT2D eigenvalue weighted by atomic mass is 35.5. The minimum absolute atomic E-state index is 0.00435. The van der Waals surface area contributed by atoms with E-state index in [0.717, 1.165) is 0 Å². The number of carbonyl (C=O) groups excluding carboxylic acids is 3. The van der Waals surface area contributed by atoms with Crippen LogP contribution in [-0.4, -0.2) is 35.9 Å². The van der Waals surface area contributed by atoms with Gasteiger partial charge in [-0.05, 0) is 61.9 Å². The number of halogens is 1. The molecule has 30 heavy (non-hydrogen) atoms. The maximum absolute atomic E-state index is 13.3. The second-order valence-electron chi connectivity index (χ2n) is 6.79. The molecule has 0 fully saturated rings. The average molecular weight is 428 g/mol. The molecule has 7 heteroatoms. The van der Waals surface area contributed by atoms with E-state index >= 15 is 0 Å². The fourth-order valence-corrected chi connectivity index (χ4v) is 3.61. The third kappa shape index (κ3) is 4.39. The number of hydrogen-bond donors (Lipinski definition) is 0. The third-order valence-electron chi connectivity index (χ3n) is 4.86. The number of ether oxygens (including phenoxy) is 2. The van der Waals surface area contributed by atoms with Crippen molar-refractivity contribution in [2.75, 3.05) is 13.7 Å². The van der Waals surface area contributed by atoms with Crippen LogP contribution in [0.5, 0.6) is 5.75 Å². The topological polar surface area (TPSA) is 74.6 Å². The van der Waals surface area contributed by atoms with Crippen molar-refractivity contribution in [3.63, 3.8) is 0 Å². The number of esters is 1. The number of benzene rings is 2. The van der Waals surface area contributed by atoms with Crippen LogP contribution in [0, 0.1) is 6.92 Å². The molecule has 1 heterocycles. The van der Waals surface area contributed by atoms with Crippen LogP contribution >= 0.6 is 11.6 Å². The van der Waals surface area contributed by atoms with Crippen LogP contribution < -0.4 is 4.74 Å². The van der Waals surface area contributed by atoms with Gasteiger partial charge in [0.25, 0.3) is 5.91 Å². The second kappa shape index (κ2) is 9.13.